The third kappa shape index (κ3) is 1.79. The first-order valence-electron chi connectivity index (χ1n) is 7.16. The molecular weight excluding hydrogens is 254 g/mol. The van der Waals surface area contributed by atoms with E-state index >= 15 is 0 Å². The Morgan fingerprint density at radius 2 is 2.20 bits per heavy atom. The summed E-state index contributed by atoms with van der Waals surface area (Å²) >= 11 is 0. The standard InChI is InChI=1S/C14H17N5O/c20-14(10-4-6-18-9-16-17-13(18)7-10)19-11-1-2-12(19)8-15-5-3-11/h4,6-7,9,11-12,15H,1-3,5,8H2/t11-,12+/m0/s1. The van der Waals surface area contributed by atoms with Crippen molar-refractivity contribution in [3.63, 3.8) is 0 Å². The van der Waals surface area contributed by atoms with Gasteiger partial charge in [0.05, 0.1) is 0 Å². The molecule has 4 heterocycles. The molecule has 0 unspecified atom stereocenters. The molecule has 2 aromatic heterocycles. The van der Waals surface area contributed by atoms with Crippen molar-refractivity contribution in [2.45, 2.75) is 31.3 Å². The highest BCUT2D eigenvalue weighted by atomic mass is 16.2. The molecule has 0 radical (unpaired) electrons. The Bertz CT molecular complexity index is 638. The van der Waals surface area contributed by atoms with Crippen molar-refractivity contribution in [1.29, 1.82) is 0 Å². The first-order valence-corrected chi connectivity index (χ1v) is 7.16. The topological polar surface area (TPSA) is 62.5 Å². The van der Waals surface area contributed by atoms with Gasteiger partial charge in [0.1, 0.15) is 6.33 Å². The lowest BCUT2D eigenvalue weighted by atomic mass is 10.1. The predicted molar refractivity (Wildman–Crippen MR) is 73.5 cm³/mol. The zero-order valence-corrected chi connectivity index (χ0v) is 11.2. The number of aromatic nitrogens is 3. The van der Waals surface area contributed by atoms with Crippen molar-refractivity contribution in [2.24, 2.45) is 0 Å². The van der Waals surface area contributed by atoms with E-state index in [0.717, 1.165) is 38.0 Å². The molecule has 1 N–H and O–H groups in total. The van der Waals surface area contributed by atoms with Gasteiger partial charge in [0.15, 0.2) is 5.65 Å². The van der Waals surface area contributed by atoms with Gasteiger partial charge in [-0.1, -0.05) is 0 Å². The molecule has 1 amide bonds. The van der Waals surface area contributed by atoms with Crippen molar-refractivity contribution in [3.8, 4) is 0 Å². The number of carbonyl (C=O) groups excluding carboxylic acids is 1. The quantitative estimate of drug-likeness (QED) is 0.829. The summed E-state index contributed by atoms with van der Waals surface area (Å²) in [6.45, 7) is 1.92. The number of carbonyl (C=O) groups is 1. The van der Waals surface area contributed by atoms with Gasteiger partial charge in [-0.2, -0.15) is 0 Å². The summed E-state index contributed by atoms with van der Waals surface area (Å²) in [6.07, 6.45) is 6.78. The summed E-state index contributed by atoms with van der Waals surface area (Å²) in [6, 6.07) is 4.41. The lowest BCUT2D eigenvalue weighted by molar-refractivity contribution is 0.0680. The average Bonchev–Trinajstić information content (AvgIpc) is 3.00. The molecule has 0 saturated carbocycles. The minimum atomic E-state index is 0.131. The number of pyridine rings is 1. The first kappa shape index (κ1) is 11.8. The van der Waals surface area contributed by atoms with Crippen molar-refractivity contribution >= 4 is 11.6 Å². The maximum atomic E-state index is 12.8. The third-order valence-corrected chi connectivity index (χ3v) is 4.44. The maximum absolute atomic E-state index is 12.8. The molecule has 2 aromatic rings. The van der Waals surface area contributed by atoms with Crippen LogP contribution >= 0.6 is 0 Å². The fourth-order valence-electron chi connectivity index (χ4n) is 3.41. The molecule has 4 rings (SSSR count). The molecule has 0 aromatic carbocycles. The molecule has 2 saturated heterocycles. The Kier molecular flexibility index (Phi) is 2.70. The summed E-state index contributed by atoms with van der Waals surface area (Å²) in [5.41, 5.74) is 1.43. The van der Waals surface area contributed by atoms with Crippen molar-refractivity contribution < 1.29 is 4.79 Å². The smallest absolute Gasteiger partial charge is 0.254 e. The average molecular weight is 271 g/mol. The van der Waals surface area contributed by atoms with Gasteiger partial charge in [-0.3, -0.25) is 9.20 Å². The molecule has 2 fully saturated rings. The van der Waals surface area contributed by atoms with Gasteiger partial charge in [0, 0.05) is 30.4 Å². The van der Waals surface area contributed by atoms with Crippen LogP contribution in [0.25, 0.3) is 5.65 Å². The minimum Gasteiger partial charge on any atom is -0.331 e. The number of nitrogens with zero attached hydrogens (tertiary/aromatic N) is 4. The minimum absolute atomic E-state index is 0.131. The van der Waals surface area contributed by atoms with Crippen LogP contribution in [0.15, 0.2) is 24.7 Å². The molecule has 0 aliphatic carbocycles. The van der Waals surface area contributed by atoms with E-state index in [1.807, 2.05) is 22.7 Å². The van der Waals surface area contributed by atoms with E-state index in [1.54, 1.807) is 6.33 Å². The fourth-order valence-corrected chi connectivity index (χ4v) is 3.41. The molecule has 6 heteroatoms. The van der Waals surface area contributed by atoms with Crippen LogP contribution in [0.3, 0.4) is 0 Å². The normalized spacial score (nSPS) is 25.9. The van der Waals surface area contributed by atoms with Gasteiger partial charge in [-0.05, 0) is 37.9 Å². The van der Waals surface area contributed by atoms with E-state index in [9.17, 15) is 4.79 Å². The van der Waals surface area contributed by atoms with Crippen LogP contribution in [0.2, 0.25) is 0 Å². The van der Waals surface area contributed by atoms with Gasteiger partial charge >= 0.3 is 0 Å². The van der Waals surface area contributed by atoms with Crippen LogP contribution < -0.4 is 5.32 Å². The third-order valence-electron chi connectivity index (χ3n) is 4.44. The molecule has 2 aliphatic heterocycles. The number of hydrogen-bond donors (Lipinski definition) is 1. The van der Waals surface area contributed by atoms with E-state index in [1.165, 1.54) is 0 Å². The van der Waals surface area contributed by atoms with E-state index in [2.05, 4.69) is 20.4 Å². The summed E-state index contributed by atoms with van der Waals surface area (Å²) in [7, 11) is 0. The number of amides is 1. The molecular formula is C14H17N5O. The summed E-state index contributed by atoms with van der Waals surface area (Å²) < 4.78 is 1.81. The second-order valence-corrected chi connectivity index (χ2v) is 5.60. The van der Waals surface area contributed by atoms with E-state index < -0.39 is 0 Å². The SMILES string of the molecule is O=C(c1ccn2cnnc2c1)N1[C@@H]2CCNC[C@H]1CC2. The molecule has 2 atom stereocenters. The van der Waals surface area contributed by atoms with Crippen molar-refractivity contribution in [1.82, 2.24) is 24.8 Å². The number of nitrogens with one attached hydrogen (secondary N) is 1. The zero-order chi connectivity index (χ0) is 13.5. The largest absolute Gasteiger partial charge is 0.331 e. The molecule has 20 heavy (non-hydrogen) atoms. The summed E-state index contributed by atoms with van der Waals surface area (Å²) in [5.74, 6) is 0.131. The fraction of sp³-hybridized carbons (Fsp3) is 0.500. The summed E-state index contributed by atoms with van der Waals surface area (Å²) in [5, 5.41) is 11.3. The van der Waals surface area contributed by atoms with E-state index in [4.69, 9.17) is 0 Å². The highest BCUT2D eigenvalue weighted by molar-refractivity contribution is 5.95. The Morgan fingerprint density at radius 1 is 1.30 bits per heavy atom. The molecule has 0 spiro atoms. The highest BCUT2D eigenvalue weighted by Crippen LogP contribution is 2.29. The Hall–Kier alpha value is -1.95. The molecule has 2 aliphatic rings. The van der Waals surface area contributed by atoms with Gasteiger partial charge in [-0.15, -0.1) is 10.2 Å². The van der Waals surface area contributed by atoms with E-state index in [0.29, 0.717) is 17.6 Å². The van der Waals surface area contributed by atoms with Crippen LogP contribution in [0, 0.1) is 0 Å². The number of rotatable bonds is 1. The second-order valence-electron chi connectivity index (χ2n) is 5.60. The Labute approximate surface area is 116 Å². The molecule has 2 bridgehead atoms. The van der Waals surface area contributed by atoms with Gasteiger partial charge < -0.3 is 10.2 Å². The number of fused-ring (bicyclic) bond motifs is 3. The van der Waals surface area contributed by atoms with Crippen LogP contribution in [0.4, 0.5) is 0 Å². The monoisotopic (exact) mass is 271 g/mol. The maximum Gasteiger partial charge on any atom is 0.254 e. The predicted octanol–water partition coefficient (Wildman–Crippen LogP) is 0.696. The Morgan fingerprint density at radius 3 is 3.15 bits per heavy atom. The van der Waals surface area contributed by atoms with Crippen LogP contribution in [-0.4, -0.2) is 50.6 Å². The van der Waals surface area contributed by atoms with Crippen LogP contribution in [-0.2, 0) is 0 Å². The highest BCUT2D eigenvalue weighted by Gasteiger charge is 2.38. The number of hydrogen-bond acceptors (Lipinski definition) is 4. The first-order chi connectivity index (χ1) is 9.83. The van der Waals surface area contributed by atoms with Crippen LogP contribution in [0.1, 0.15) is 29.6 Å². The Balaban J connectivity index is 1.68. The van der Waals surface area contributed by atoms with E-state index in [-0.39, 0.29) is 5.91 Å². The van der Waals surface area contributed by atoms with Crippen molar-refractivity contribution in [3.05, 3.63) is 30.2 Å². The molecule has 6 nitrogen and oxygen atoms in total. The zero-order valence-electron chi connectivity index (χ0n) is 11.2. The van der Waals surface area contributed by atoms with Gasteiger partial charge in [-0.25, -0.2) is 0 Å². The van der Waals surface area contributed by atoms with Crippen LogP contribution in [0.5, 0.6) is 0 Å². The summed E-state index contributed by atoms with van der Waals surface area (Å²) in [4.78, 5) is 14.9. The molecule has 104 valence electrons. The van der Waals surface area contributed by atoms with Crippen molar-refractivity contribution in [2.75, 3.05) is 13.1 Å². The van der Waals surface area contributed by atoms with Gasteiger partial charge in [0.2, 0.25) is 0 Å². The second kappa shape index (κ2) is 4.56. The van der Waals surface area contributed by atoms with Gasteiger partial charge in [0.25, 0.3) is 5.91 Å². The lowest BCUT2D eigenvalue weighted by Gasteiger charge is -2.28. The lowest BCUT2D eigenvalue weighted by Crippen LogP contribution is -2.42.